The Hall–Kier alpha value is -2.49. The van der Waals surface area contributed by atoms with Gasteiger partial charge in [-0.15, -0.1) is 0 Å². The molecule has 220 valence electrons. The third-order valence-electron chi connectivity index (χ3n) is 6.58. The summed E-state index contributed by atoms with van der Waals surface area (Å²) in [6, 6.07) is 14.4. The molecule has 3 rings (SSSR count). The van der Waals surface area contributed by atoms with Crippen LogP contribution in [0.2, 0.25) is 20.1 Å². The van der Waals surface area contributed by atoms with E-state index < -0.39 is 28.5 Å². The van der Waals surface area contributed by atoms with Crippen LogP contribution < -0.4 is 9.62 Å². The van der Waals surface area contributed by atoms with Crippen molar-refractivity contribution in [2.75, 3.05) is 10.8 Å². The number of hydrogen-bond donors (Lipinski definition) is 1. The van der Waals surface area contributed by atoms with Gasteiger partial charge in [0, 0.05) is 12.6 Å². The third-order valence-corrected chi connectivity index (χ3v) is 9.85. The van der Waals surface area contributed by atoms with Gasteiger partial charge in [0.25, 0.3) is 10.0 Å². The SMILES string of the molecule is CCC(C)NC(=O)C(C)N(Cc1ccc(Cl)c(Cl)c1)C(=O)CN(c1ccc(Cl)c(Cl)c1)S(=O)(=O)c1ccc(C)cc1. The average molecular weight is 659 g/mol. The Morgan fingerprint density at radius 3 is 2.00 bits per heavy atom. The Balaban J connectivity index is 2.06. The Morgan fingerprint density at radius 2 is 1.44 bits per heavy atom. The van der Waals surface area contributed by atoms with Gasteiger partial charge in [-0.2, -0.15) is 0 Å². The fraction of sp³-hybridized carbons (Fsp3) is 0.310. The summed E-state index contributed by atoms with van der Waals surface area (Å²) in [5.41, 5.74) is 1.62. The predicted molar refractivity (Wildman–Crippen MR) is 167 cm³/mol. The zero-order valence-corrected chi connectivity index (χ0v) is 26.8. The molecule has 0 saturated carbocycles. The number of rotatable bonds is 11. The predicted octanol–water partition coefficient (Wildman–Crippen LogP) is 7.14. The van der Waals surface area contributed by atoms with Crippen molar-refractivity contribution in [3.8, 4) is 0 Å². The maximum atomic E-state index is 14.0. The summed E-state index contributed by atoms with van der Waals surface area (Å²) < 4.78 is 28.8. The maximum Gasteiger partial charge on any atom is 0.264 e. The number of hydrogen-bond acceptors (Lipinski definition) is 4. The summed E-state index contributed by atoms with van der Waals surface area (Å²) in [7, 11) is -4.24. The van der Waals surface area contributed by atoms with E-state index in [0.717, 1.165) is 9.87 Å². The number of halogens is 4. The first-order valence-corrected chi connectivity index (χ1v) is 15.8. The topological polar surface area (TPSA) is 86.8 Å². The van der Waals surface area contributed by atoms with Crippen molar-refractivity contribution < 1.29 is 18.0 Å². The summed E-state index contributed by atoms with van der Waals surface area (Å²) in [6.07, 6.45) is 0.694. The van der Waals surface area contributed by atoms with Gasteiger partial charge in [0.1, 0.15) is 12.6 Å². The molecule has 41 heavy (non-hydrogen) atoms. The van der Waals surface area contributed by atoms with Crippen LogP contribution in [-0.4, -0.2) is 43.8 Å². The first kappa shape index (κ1) is 33.0. The molecule has 0 spiro atoms. The molecular weight excluding hydrogens is 628 g/mol. The Morgan fingerprint density at radius 1 is 0.854 bits per heavy atom. The summed E-state index contributed by atoms with van der Waals surface area (Å²) in [5, 5.41) is 3.86. The summed E-state index contributed by atoms with van der Waals surface area (Å²) >= 11 is 24.6. The highest BCUT2D eigenvalue weighted by atomic mass is 35.5. The zero-order chi connectivity index (χ0) is 30.5. The van der Waals surface area contributed by atoms with Crippen molar-refractivity contribution in [1.82, 2.24) is 10.2 Å². The van der Waals surface area contributed by atoms with Crippen molar-refractivity contribution in [2.45, 2.75) is 57.6 Å². The lowest BCUT2D eigenvalue weighted by molar-refractivity contribution is -0.139. The first-order valence-electron chi connectivity index (χ1n) is 12.8. The lowest BCUT2D eigenvalue weighted by Gasteiger charge is -2.32. The van der Waals surface area contributed by atoms with Gasteiger partial charge in [0.05, 0.1) is 30.7 Å². The smallest absolute Gasteiger partial charge is 0.264 e. The van der Waals surface area contributed by atoms with Gasteiger partial charge in [-0.3, -0.25) is 13.9 Å². The molecular formula is C29H31Cl4N3O4S. The quantitative estimate of drug-likeness (QED) is 0.237. The molecule has 0 aliphatic heterocycles. The van der Waals surface area contributed by atoms with Crippen LogP contribution >= 0.6 is 46.4 Å². The highest BCUT2D eigenvalue weighted by Gasteiger charge is 2.33. The Labute approximate surface area is 261 Å². The van der Waals surface area contributed by atoms with Crippen molar-refractivity contribution >= 4 is 73.9 Å². The maximum absolute atomic E-state index is 14.0. The lowest BCUT2D eigenvalue weighted by Crippen LogP contribution is -2.52. The van der Waals surface area contributed by atoms with Crippen LogP contribution in [0.3, 0.4) is 0 Å². The van der Waals surface area contributed by atoms with E-state index in [1.165, 1.54) is 35.2 Å². The first-order chi connectivity index (χ1) is 19.2. The van der Waals surface area contributed by atoms with Crippen LogP contribution in [0.15, 0.2) is 65.6 Å². The van der Waals surface area contributed by atoms with Crippen molar-refractivity contribution in [1.29, 1.82) is 0 Å². The average Bonchev–Trinajstić information content (AvgIpc) is 2.93. The second kappa shape index (κ2) is 14.1. The molecule has 12 heteroatoms. The number of nitrogens with zero attached hydrogens (tertiary/aromatic N) is 2. The molecule has 3 aromatic rings. The highest BCUT2D eigenvalue weighted by molar-refractivity contribution is 7.92. The molecule has 0 saturated heterocycles. The lowest BCUT2D eigenvalue weighted by atomic mass is 10.1. The van der Waals surface area contributed by atoms with Gasteiger partial charge in [0.15, 0.2) is 0 Å². The number of nitrogens with one attached hydrogen (secondary N) is 1. The minimum absolute atomic E-state index is 0.0134. The number of amides is 2. The molecule has 0 heterocycles. The molecule has 0 radical (unpaired) electrons. The number of anilines is 1. The monoisotopic (exact) mass is 657 g/mol. The fourth-order valence-electron chi connectivity index (χ4n) is 3.89. The minimum atomic E-state index is -4.24. The molecule has 0 fully saturated rings. The van der Waals surface area contributed by atoms with E-state index in [-0.39, 0.29) is 44.1 Å². The molecule has 2 atom stereocenters. The number of sulfonamides is 1. The normalized spacial score (nSPS) is 12.9. The van der Waals surface area contributed by atoms with Gasteiger partial charge in [-0.05, 0) is 75.2 Å². The summed E-state index contributed by atoms with van der Waals surface area (Å²) in [4.78, 5) is 28.4. The number of carbonyl (C=O) groups excluding carboxylic acids is 2. The fourth-order valence-corrected chi connectivity index (χ4v) is 5.91. The Bertz CT molecular complexity index is 1520. The van der Waals surface area contributed by atoms with Crippen LogP contribution in [0.4, 0.5) is 5.69 Å². The van der Waals surface area contributed by atoms with Gasteiger partial charge >= 0.3 is 0 Å². The van der Waals surface area contributed by atoms with Gasteiger partial charge in [0.2, 0.25) is 11.8 Å². The second-order valence-corrected chi connectivity index (χ2v) is 13.2. The molecule has 2 amide bonds. The van der Waals surface area contributed by atoms with Gasteiger partial charge in [-0.1, -0.05) is 77.1 Å². The number of aryl methyl sites for hydroxylation is 1. The number of benzene rings is 3. The second-order valence-electron chi connectivity index (χ2n) is 9.69. The van der Waals surface area contributed by atoms with Crippen molar-refractivity contribution in [3.05, 3.63) is 91.9 Å². The largest absolute Gasteiger partial charge is 0.352 e. The van der Waals surface area contributed by atoms with E-state index in [1.54, 1.807) is 37.3 Å². The van der Waals surface area contributed by atoms with E-state index in [0.29, 0.717) is 17.0 Å². The van der Waals surface area contributed by atoms with Crippen LogP contribution in [-0.2, 0) is 26.2 Å². The van der Waals surface area contributed by atoms with Crippen LogP contribution in [0.1, 0.15) is 38.3 Å². The molecule has 0 aliphatic rings. The summed E-state index contributed by atoms with van der Waals surface area (Å²) in [5.74, 6) is -1.00. The molecule has 7 nitrogen and oxygen atoms in total. The standard InChI is InChI=1S/C29H31Cl4N3O4S/c1-5-19(3)34-29(38)20(4)35(16-21-8-12-24(30)26(32)14-21)28(37)17-36(22-9-13-25(31)27(33)15-22)41(39,40)23-10-6-18(2)7-11-23/h6-15,19-20H,5,16-17H2,1-4H3,(H,34,38). The zero-order valence-electron chi connectivity index (χ0n) is 23.0. The third kappa shape index (κ3) is 8.30. The van der Waals surface area contributed by atoms with Crippen LogP contribution in [0, 0.1) is 6.92 Å². The molecule has 3 aromatic carbocycles. The molecule has 0 aliphatic carbocycles. The molecule has 2 unspecified atom stereocenters. The van der Waals surface area contributed by atoms with Crippen LogP contribution in [0.25, 0.3) is 0 Å². The van der Waals surface area contributed by atoms with Gasteiger partial charge in [-0.25, -0.2) is 8.42 Å². The van der Waals surface area contributed by atoms with E-state index >= 15 is 0 Å². The Kier molecular flexibility index (Phi) is 11.4. The number of carbonyl (C=O) groups is 2. The minimum Gasteiger partial charge on any atom is -0.352 e. The van der Waals surface area contributed by atoms with E-state index in [2.05, 4.69) is 5.32 Å². The summed E-state index contributed by atoms with van der Waals surface area (Å²) in [6.45, 7) is 6.57. The van der Waals surface area contributed by atoms with E-state index in [4.69, 9.17) is 46.4 Å². The molecule has 0 bridgehead atoms. The van der Waals surface area contributed by atoms with Crippen molar-refractivity contribution in [3.63, 3.8) is 0 Å². The van der Waals surface area contributed by atoms with Crippen LogP contribution in [0.5, 0.6) is 0 Å². The van der Waals surface area contributed by atoms with E-state index in [1.807, 2.05) is 20.8 Å². The van der Waals surface area contributed by atoms with Crippen molar-refractivity contribution in [2.24, 2.45) is 0 Å². The molecule has 1 N–H and O–H groups in total. The van der Waals surface area contributed by atoms with E-state index in [9.17, 15) is 18.0 Å². The van der Waals surface area contributed by atoms with Gasteiger partial charge < -0.3 is 10.2 Å². The molecule has 0 aromatic heterocycles. The highest BCUT2D eigenvalue weighted by Crippen LogP contribution is 2.31.